The maximum Gasteiger partial charge on any atom is 0.573 e. The number of ether oxygens (including phenoxy) is 2. The van der Waals surface area contributed by atoms with E-state index >= 15 is 0 Å². The van der Waals surface area contributed by atoms with E-state index in [1.165, 1.54) is 24.3 Å². The Morgan fingerprint density at radius 1 is 1.04 bits per heavy atom. The maximum absolute atomic E-state index is 12.2. The van der Waals surface area contributed by atoms with Crippen molar-refractivity contribution in [1.82, 2.24) is 0 Å². The molecule has 0 bridgehead atoms. The molecule has 2 aromatic rings. The summed E-state index contributed by atoms with van der Waals surface area (Å²) in [6, 6.07) is 12.9. The van der Waals surface area contributed by atoms with Crippen LogP contribution in [0.2, 0.25) is 0 Å². The molecule has 1 aliphatic heterocycles. The lowest BCUT2D eigenvalue weighted by atomic mass is 10.2. The van der Waals surface area contributed by atoms with E-state index in [0.29, 0.717) is 10.9 Å². The lowest BCUT2D eigenvalue weighted by Crippen LogP contribution is -2.36. The molecule has 136 valence electrons. The molecule has 9 heteroatoms. The van der Waals surface area contributed by atoms with Gasteiger partial charge in [0, 0.05) is 5.69 Å². The molecule has 2 aromatic carbocycles. The number of aryl methyl sites for hydroxylation is 1. The largest absolute Gasteiger partial charge is 0.573 e. The van der Waals surface area contributed by atoms with Crippen LogP contribution in [-0.4, -0.2) is 24.2 Å². The number of rotatable bonds is 5. The van der Waals surface area contributed by atoms with Crippen molar-refractivity contribution < 1.29 is 22.6 Å². The van der Waals surface area contributed by atoms with Gasteiger partial charge in [0.15, 0.2) is 6.17 Å². The Hall–Kier alpha value is -2.68. The summed E-state index contributed by atoms with van der Waals surface area (Å²) in [6.45, 7) is 2.12. The number of thiocarbonyl (C=S) groups is 1. The summed E-state index contributed by atoms with van der Waals surface area (Å²) in [4.78, 5) is 1.76. The molecule has 1 heterocycles. The predicted molar refractivity (Wildman–Crippen MR) is 93.5 cm³/mol. The van der Waals surface area contributed by atoms with Gasteiger partial charge < -0.3 is 9.47 Å². The molecule has 0 N–H and O–H groups in total. The first-order valence-corrected chi connectivity index (χ1v) is 8.02. The van der Waals surface area contributed by atoms with E-state index < -0.39 is 12.5 Å². The molecule has 0 saturated heterocycles. The minimum absolute atomic E-state index is 0.136. The van der Waals surface area contributed by atoms with E-state index in [-0.39, 0.29) is 12.4 Å². The Bertz CT molecular complexity index is 807. The van der Waals surface area contributed by atoms with Crippen molar-refractivity contribution in [3.05, 3.63) is 54.1 Å². The van der Waals surface area contributed by atoms with Gasteiger partial charge in [-0.2, -0.15) is 5.11 Å². The third kappa shape index (κ3) is 4.48. The van der Waals surface area contributed by atoms with Crippen LogP contribution in [0.1, 0.15) is 5.56 Å². The molecule has 5 nitrogen and oxygen atoms in total. The molecule has 0 aliphatic carbocycles. The number of hydrogen-bond donors (Lipinski definition) is 0. The molecule has 1 atom stereocenters. The molecular formula is C17H14F3N3O2S. The molecule has 0 spiro atoms. The summed E-state index contributed by atoms with van der Waals surface area (Å²) in [5, 5.41) is 8.34. The van der Waals surface area contributed by atoms with Crippen LogP contribution in [0.4, 0.5) is 18.9 Å². The predicted octanol–water partition coefficient (Wildman–Crippen LogP) is 4.86. The van der Waals surface area contributed by atoms with Crippen LogP contribution in [0.25, 0.3) is 0 Å². The fraction of sp³-hybridized carbons (Fsp3) is 0.235. The Morgan fingerprint density at radius 2 is 1.65 bits per heavy atom. The van der Waals surface area contributed by atoms with Gasteiger partial charge in [-0.1, -0.05) is 17.7 Å². The molecule has 1 unspecified atom stereocenters. The van der Waals surface area contributed by atoms with Crippen molar-refractivity contribution in [2.24, 2.45) is 10.2 Å². The lowest BCUT2D eigenvalue weighted by Gasteiger charge is -2.23. The minimum atomic E-state index is -4.73. The first-order valence-electron chi connectivity index (χ1n) is 7.61. The Morgan fingerprint density at radius 3 is 2.27 bits per heavy atom. The topological polar surface area (TPSA) is 46.4 Å². The molecule has 0 aromatic heterocycles. The van der Waals surface area contributed by atoms with E-state index in [1.807, 2.05) is 31.2 Å². The first kappa shape index (κ1) is 18.1. The van der Waals surface area contributed by atoms with Crippen LogP contribution in [-0.2, 0) is 0 Å². The highest BCUT2D eigenvalue weighted by Crippen LogP contribution is 2.27. The van der Waals surface area contributed by atoms with Gasteiger partial charge in [-0.15, -0.1) is 18.3 Å². The van der Waals surface area contributed by atoms with E-state index in [0.717, 1.165) is 11.3 Å². The fourth-order valence-electron chi connectivity index (χ4n) is 2.35. The van der Waals surface area contributed by atoms with Crippen molar-refractivity contribution in [3.8, 4) is 11.5 Å². The molecule has 0 radical (unpaired) electrons. The van der Waals surface area contributed by atoms with Gasteiger partial charge in [-0.3, -0.25) is 4.90 Å². The van der Waals surface area contributed by atoms with Crippen LogP contribution < -0.4 is 14.4 Å². The van der Waals surface area contributed by atoms with Gasteiger partial charge in [0.05, 0.1) is 0 Å². The monoisotopic (exact) mass is 381 g/mol. The van der Waals surface area contributed by atoms with Gasteiger partial charge in [-0.05, 0) is 55.5 Å². The molecule has 0 amide bonds. The zero-order valence-electron chi connectivity index (χ0n) is 13.6. The van der Waals surface area contributed by atoms with E-state index in [1.54, 1.807) is 4.90 Å². The standard InChI is InChI=1S/C17H14F3N3O2S/c1-11-2-4-12(5-3-11)23-15(21-22-16(23)26)10-24-13-6-8-14(9-7-13)25-17(18,19)20/h2-9,15H,10H2,1H3. The number of anilines is 1. The third-order valence-corrected chi connectivity index (χ3v) is 3.83. The minimum Gasteiger partial charge on any atom is -0.489 e. The number of azo groups is 1. The summed E-state index contributed by atoms with van der Waals surface area (Å²) in [5.41, 5.74) is 1.95. The third-order valence-electron chi connectivity index (χ3n) is 3.55. The highest BCUT2D eigenvalue weighted by atomic mass is 32.1. The average molecular weight is 381 g/mol. The van der Waals surface area contributed by atoms with E-state index in [4.69, 9.17) is 17.0 Å². The van der Waals surface area contributed by atoms with Crippen LogP contribution in [0, 0.1) is 6.92 Å². The summed E-state index contributed by atoms with van der Waals surface area (Å²) < 4.78 is 45.9. The molecule has 3 rings (SSSR count). The first-order chi connectivity index (χ1) is 12.3. The van der Waals surface area contributed by atoms with Crippen LogP contribution in [0.15, 0.2) is 58.8 Å². The smallest absolute Gasteiger partial charge is 0.489 e. The highest BCUT2D eigenvalue weighted by Gasteiger charge is 2.31. The molecular weight excluding hydrogens is 367 g/mol. The maximum atomic E-state index is 12.2. The van der Waals surface area contributed by atoms with Gasteiger partial charge in [0.1, 0.15) is 18.1 Å². The fourth-order valence-corrected chi connectivity index (χ4v) is 2.62. The Balaban J connectivity index is 1.64. The normalized spacial score (nSPS) is 16.8. The summed E-state index contributed by atoms with van der Waals surface area (Å²) in [5.74, 6) is 0.0734. The summed E-state index contributed by atoms with van der Waals surface area (Å²) in [7, 11) is 0. The summed E-state index contributed by atoms with van der Waals surface area (Å²) >= 11 is 5.22. The number of hydrogen-bond acceptors (Lipinski definition) is 4. The number of alkyl halides is 3. The van der Waals surface area contributed by atoms with Gasteiger partial charge in [0.2, 0.25) is 5.11 Å². The zero-order valence-corrected chi connectivity index (χ0v) is 14.4. The average Bonchev–Trinajstić information content (AvgIpc) is 2.94. The molecule has 1 aliphatic rings. The van der Waals surface area contributed by atoms with Crippen molar-refractivity contribution in [2.45, 2.75) is 19.5 Å². The SMILES string of the molecule is Cc1ccc(N2C(=S)N=NC2COc2ccc(OC(F)(F)F)cc2)cc1. The van der Waals surface area contributed by atoms with Gasteiger partial charge >= 0.3 is 6.36 Å². The molecule has 0 fully saturated rings. The van der Waals surface area contributed by atoms with Crippen molar-refractivity contribution in [3.63, 3.8) is 0 Å². The second-order valence-corrected chi connectivity index (χ2v) is 5.88. The van der Waals surface area contributed by atoms with Crippen molar-refractivity contribution in [2.75, 3.05) is 11.5 Å². The van der Waals surface area contributed by atoms with Crippen LogP contribution in [0.3, 0.4) is 0 Å². The van der Waals surface area contributed by atoms with Crippen molar-refractivity contribution >= 4 is 23.0 Å². The number of nitrogens with zero attached hydrogens (tertiary/aromatic N) is 3. The lowest BCUT2D eigenvalue weighted by molar-refractivity contribution is -0.274. The zero-order chi connectivity index (χ0) is 18.7. The van der Waals surface area contributed by atoms with Crippen molar-refractivity contribution in [1.29, 1.82) is 0 Å². The Labute approximate surface area is 153 Å². The quantitative estimate of drug-likeness (QED) is 0.694. The summed E-state index contributed by atoms with van der Waals surface area (Å²) in [6.07, 6.45) is -5.17. The molecule has 26 heavy (non-hydrogen) atoms. The second-order valence-electron chi connectivity index (χ2n) is 5.51. The Kier molecular flexibility index (Phi) is 5.08. The van der Waals surface area contributed by atoms with Gasteiger partial charge in [0.25, 0.3) is 0 Å². The van der Waals surface area contributed by atoms with Crippen LogP contribution >= 0.6 is 12.2 Å². The number of benzene rings is 2. The van der Waals surface area contributed by atoms with Gasteiger partial charge in [-0.25, -0.2) is 0 Å². The second kappa shape index (κ2) is 7.28. The van der Waals surface area contributed by atoms with E-state index in [2.05, 4.69) is 15.0 Å². The van der Waals surface area contributed by atoms with E-state index in [9.17, 15) is 13.2 Å². The highest BCUT2D eigenvalue weighted by molar-refractivity contribution is 7.80. The van der Waals surface area contributed by atoms with Crippen LogP contribution in [0.5, 0.6) is 11.5 Å². The number of halogens is 3. The molecule has 0 saturated carbocycles.